The molecule has 0 radical (unpaired) electrons. The van der Waals surface area contributed by atoms with E-state index in [9.17, 15) is 19.2 Å². The Morgan fingerprint density at radius 1 is 0.806 bits per heavy atom. The number of nitrogens with zero attached hydrogens (tertiary/aromatic N) is 1. The molecule has 1 atom stereocenters. The molecule has 3 aromatic carbocycles. The van der Waals surface area contributed by atoms with Crippen LogP contribution in [-0.4, -0.2) is 47.7 Å². The van der Waals surface area contributed by atoms with Crippen molar-refractivity contribution < 1.29 is 19.2 Å². The van der Waals surface area contributed by atoms with Gasteiger partial charge >= 0.3 is 0 Å². The Hall–Kier alpha value is -4.00. The molecular weight excluding hydrogens is 394 g/mol. The van der Waals surface area contributed by atoms with Gasteiger partial charge in [0.25, 0.3) is 17.7 Å². The van der Waals surface area contributed by atoms with Crippen LogP contribution in [-0.2, 0) is 4.79 Å². The molecule has 7 nitrogen and oxygen atoms in total. The third-order valence-electron chi connectivity index (χ3n) is 5.34. The number of carbonyl (C=O) groups is 4. The van der Waals surface area contributed by atoms with Crippen molar-refractivity contribution in [2.75, 3.05) is 13.1 Å². The molecule has 156 valence electrons. The lowest BCUT2D eigenvalue weighted by molar-refractivity contribution is -0.124. The molecule has 0 aromatic heterocycles. The van der Waals surface area contributed by atoms with Gasteiger partial charge in [-0.2, -0.15) is 0 Å². The van der Waals surface area contributed by atoms with Crippen molar-refractivity contribution in [3.8, 4) is 0 Å². The molecule has 1 heterocycles. The highest BCUT2D eigenvalue weighted by Crippen LogP contribution is 2.24. The Kier molecular flexibility index (Phi) is 5.49. The molecule has 4 amide bonds. The lowest BCUT2D eigenvalue weighted by Gasteiger charge is -2.21. The van der Waals surface area contributed by atoms with Crippen molar-refractivity contribution in [3.05, 3.63) is 83.4 Å². The van der Waals surface area contributed by atoms with Crippen LogP contribution in [0.25, 0.3) is 10.8 Å². The SMILES string of the molecule is CC(C(=O)NCCNC(=O)c1cccc2ccccc12)N1C(=O)c2ccccc2C1=O. The largest absolute Gasteiger partial charge is 0.353 e. The molecule has 7 heteroatoms. The van der Waals surface area contributed by atoms with Gasteiger partial charge in [0.15, 0.2) is 0 Å². The molecule has 31 heavy (non-hydrogen) atoms. The van der Waals surface area contributed by atoms with Crippen LogP contribution in [0.3, 0.4) is 0 Å². The van der Waals surface area contributed by atoms with E-state index in [0.29, 0.717) is 16.7 Å². The standard InChI is InChI=1S/C24H21N3O4/c1-15(27-23(30)19-10-4-5-11-20(19)24(27)31)21(28)25-13-14-26-22(29)18-12-6-8-16-7-2-3-9-17(16)18/h2-12,15H,13-14H2,1H3,(H,25,28)(H,26,29). The number of carbonyl (C=O) groups excluding carboxylic acids is 4. The quantitative estimate of drug-likeness (QED) is 0.477. The van der Waals surface area contributed by atoms with E-state index in [-0.39, 0.29) is 19.0 Å². The van der Waals surface area contributed by atoms with Gasteiger partial charge in [-0.3, -0.25) is 24.1 Å². The van der Waals surface area contributed by atoms with Crippen LogP contribution in [0.5, 0.6) is 0 Å². The van der Waals surface area contributed by atoms with Crippen LogP contribution in [0.1, 0.15) is 38.0 Å². The van der Waals surface area contributed by atoms with E-state index in [4.69, 9.17) is 0 Å². The second-order valence-electron chi connectivity index (χ2n) is 7.28. The van der Waals surface area contributed by atoms with Crippen LogP contribution >= 0.6 is 0 Å². The second-order valence-corrected chi connectivity index (χ2v) is 7.28. The first-order valence-corrected chi connectivity index (χ1v) is 9.99. The van der Waals surface area contributed by atoms with E-state index < -0.39 is 23.8 Å². The molecule has 0 spiro atoms. The molecular formula is C24H21N3O4. The number of hydrogen-bond donors (Lipinski definition) is 2. The van der Waals surface area contributed by atoms with Crippen molar-refractivity contribution in [1.29, 1.82) is 0 Å². The van der Waals surface area contributed by atoms with Gasteiger partial charge in [-0.15, -0.1) is 0 Å². The molecule has 0 fully saturated rings. The molecule has 0 saturated carbocycles. The minimum Gasteiger partial charge on any atom is -0.353 e. The minimum atomic E-state index is -0.957. The van der Waals surface area contributed by atoms with E-state index in [2.05, 4.69) is 10.6 Å². The third kappa shape index (κ3) is 3.77. The average molecular weight is 415 g/mol. The summed E-state index contributed by atoms with van der Waals surface area (Å²) in [5.41, 5.74) is 1.16. The summed E-state index contributed by atoms with van der Waals surface area (Å²) in [7, 11) is 0. The van der Waals surface area contributed by atoms with Crippen LogP contribution < -0.4 is 10.6 Å². The topological polar surface area (TPSA) is 95.6 Å². The maximum atomic E-state index is 12.5. The highest BCUT2D eigenvalue weighted by Gasteiger charge is 2.40. The number of rotatable bonds is 6. The van der Waals surface area contributed by atoms with Gasteiger partial charge in [-0.1, -0.05) is 48.5 Å². The second kappa shape index (κ2) is 8.39. The zero-order valence-corrected chi connectivity index (χ0v) is 16.9. The Balaban J connectivity index is 1.32. The van der Waals surface area contributed by atoms with Crippen LogP contribution in [0.4, 0.5) is 0 Å². The molecule has 2 N–H and O–H groups in total. The Labute approximate surface area is 179 Å². The van der Waals surface area contributed by atoms with Crippen LogP contribution in [0.2, 0.25) is 0 Å². The summed E-state index contributed by atoms with van der Waals surface area (Å²) >= 11 is 0. The monoisotopic (exact) mass is 415 g/mol. The highest BCUT2D eigenvalue weighted by molar-refractivity contribution is 6.22. The number of imide groups is 1. The predicted octanol–water partition coefficient (Wildman–Crippen LogP) is 2.37. The van der Waals surface area contributed by atoms with Gasteiger partial charge in [0.2, 0.25) is 5.91 Å². The zero-order chi connectivity index (χ0) is 22.0. The number of hydrogen-bond acceptors (Lipinski definition) is 4. The molecule has 0 saturated heterocycles. The van der Waals surface area contributed by atoms with Gasteiger partial charge in [-0.05, 0) is 35.9 Å². The molecule has 4 rings (SSSR count). The minimum absolute atomic E-state index is 0.169. The van der Waals surface area contributed by atoms with Gasteiger partial charge < -0.3 is 10.6 Å². The predicted molar refractivity (Wildman–Crippen MR) is 116 cm³/mol. The van der Waals surface area contributed by atoms with Gasteiger partial charge in [0, 0.05) is 18.7 Å². The summed E-state index contributed by atoms with van der Waals surface area (Å²) in [4.78, 5) is 51.0. The van der Waals surface area contributed by atoms with Gasteiger partial charge in [0.05, 0.1) is 11.1 Å². The summed E-state index contributed by atoms with van der Waals surface area (Å²) in [6, 6.07) is 18.7. The molecule has 1 aliphatic heterocycles. The highest BCUT2D eigenvalue weighted by atomic mass is 16.2. The number of amides is 4. The summed E-state index contributed by atoms with van der Waals surface area (Å²) < 4.78 is 0. The molecule has 0 bridgehead atoms. The van der Waals surface area contributed by atoms with Crippen molar-refractivity contribution in [2.45, 2.75) is 13.0 Å². The van der Waals surface area contributed by atoms with E-state index >= 15 is 0 Å². The van der Waals surface area contributed by atoms with E-state index in [1.807, 2.05) is 36.4 Å². The number of benzene rings is 3. The fraction of sp³-hybridized carbons (Fsp3) is 0.167. The van der Waals surface area contributed by atoms with Gasteiger partial charge in [0.1, 0.15) is 6.04 Å². The fourth-order valence-corrected chi connectivity index (χ4v) is 3.70. The molecule has 3 aromatic rings. The van der Waals surface area contributed by atoms with Crippen molar-refractivity contribution >= 4 is 34.4 Å². The maximum absolute atomic E-state index is 12.5. The average Bonchev–Trinajstić information content (AvgIpc) is 3.05. The Morgan fingerprint density at radius 2 is 1.39 bits per heavy atom. The zero-order valence-electron chi connectivity index (χ0n) is 16.9. The van der Waals surface area contributed by atoms with Gasteiger partial charge in [-0.25, -0.2) is 0 Å². The van der Waals surface area contributed by atoms with E-state index in [1.165, 1.54) is 6.92 Å². The van der Waals surface area contributed by atoms with Crippen molar-refractivity contribution in [2.24, 2.45) is 0 Å². The lowest BCUT2D eigenvalue weighted by atomic mass is 10.0. The first kappa shape index (κ1) is 20.3. The lowest BCUT2D eigenvalue weighted by Crippen LogP contribution is -2.49. The fourth-order valence-electron chi connectivity index (χ4n) is 3.70. The van der Waals surface area contributed by atoms with E-state index in [1.54, 1.807) is 30.3 Å². The summed E-state index contributed by atoms with van der Waals surface area (Å²) in [5.74, 6) is -1.66. The van der Waals surface area contributed by atoms with E-state index in [0.717, 1.165) is 15.7 Å². The first-order valence-electron chi connectivity index (χ1n) is 9.99. The summed E-state index contributed by atoms with van der Waals surface area (Å²) in [6.07, 6.45) is 0. The van der Waals surface area contributed by atoms with Crippen LogP contribution in [0, 0.1) is 0 Å². The smallest absolute Gasteiger partial charge is 0.262 e. The third-order valence-corrected chi connectivity index (χ3v) is 5.34. The number of fused-ring (bicyclic) bond motifs is 2. The maximum Gasteiger partial charge on any atom is 0.262 e. The number of nitrogens with one attached hydrogen (secondary N) is 2. The Bertz CT molecular complexity index is 1160. The molecule has 0 aliphatic carbocycles. The van der Waals surface area contributed by atoms with Crippen molar-refractivity contribution in [3.63, 3.8) is 0 Å². The molecule has 1 unspecified atom stereocenters. The van der Waals surface area contributed by atoms with Crippen molar-refractivity contribution in [1.82, 2.24) is 15.5 Å². The first-order chi connectivity index (χ1) is 15.0. The van der Waals surface area contributed by atoms with Crippen LogP contribution in [0.15, 0.2) is 66.7 Å². The summed E-state index contributed by atoms with van der Waals surface area (Å²) in [6.45, 7) is 1.89. The normalized spacial score (nSPS) is 13.8. The Morgan fingerprint density at radius 3 is 2.10 bits per heavy atom. The molecule has 1 aliphatic rings. The summed E-state index contributed by atoms with van der Waals surface area (Å²) in [5, 5.41) is 7.28.